The highest BCUT2D eigenvalue weighted by molar-refractivity contribution is 6.12. The summed E-state index contributed by atoms with van der Waals surface area (Å²) in [6, 6.07) is 4.31. The molecule has 0 aliphatic heterocycles. The van der Waals surface area contributed by atoms with E-state index in [2.05, 4.69) is 25.7 Å². The van der Waals surface area contributed by atoms with Crippen LogP contribution in [0.15, 0.2) is 36.8 Å². The van der Waals surface area contributed by atoms with Gasteiger partial charge in [0.2, 0.25) is 11.9 Å². The smallest absolute Gasteiger partial charge is 0.277 e. The Labute approximate surface area is 182 Å². The predicted molar refractivity (Wildman–Crippen MR) is 114 cm³/mol. The third kappa shape index (κ3) is 4.86. The zero-order valence-electron chi connectivity index (χ0n) is 17.3. The van der Waals surface area contributed by atoms with E-state index in [-0.39, 0.29) is 46.8 Å². The lowest BCUT2D eigenvalue weighted by Gasteiger charge is -2.09. The average Bonchev–Trinajstić information content (AvgIpc) is 3.09. The Morgan fingerprint density at radius 2 is 1.88 bits per heavy atom. The van der Waals surface area contributed by atoms with Crippen LogP contribution in [-0.4, -0.2) is 37.5 Å². The first-order chi connectivity index (χ1) is 15.2. The molecule has 0 aliphatic carbocycles. The Bertz CT molecular complexity index is 1180. The SMILES string of the molecule is CC(C)n1nc(C(=O)Nc2cc(NC(=O)Cc3ccncc3)cnc2F)c(C(N)=O)c1N. The molecule has 3 rings (SSSR count). The first kappa shape index (κ1) is 22.3. The molecule has 0 atom stereocenters. The van der Waals surface area contributed by atoms with Gasteiger partial charge in [-0.1, -0.05) is 0 Å². The number of aromatic nitrogens is 4. The highest BCUT2D eigenvalue weighted by atomic mass is 19.1. The second-order valence-corrected chi connectivity index (χ2v) is 7.11. The summed E-state index contributed by atoms with van der Waals surface area (Å²) in [5.74, 6) is -3.31. The highest BCUT2D eigenvalue weighted by Gasteiger charge is 2.27. The molecule has 0 fully saturated rings. The van der Waals surface area contributed by atoms with Crippen molar-refractivity contribution in [3.05, 3.63) is 59.6 Å². The van der Waals surface area contributed by atoms with Crippen molar-refractivity contribution in [1.29, 1.82) is 0 Å². The molecule has 3 aromatic heterocycles. The van der Waals surface area contributed by atoms with Gasteiger partial charge in [0.1, 0.15) is 11.4 Å². The Balaban J connectivity index is 1.81. The van der Waals surface area contributed by atoms with Crippen LogP contribution in [0.4, 0.5) is 21.6 Å². The van der Waals surface area contributed by atoms with Crippen LogP contribution in [-0.2, 0) is 11.2 Å². The minimum Gasteiger partial charge on any atom is -0.383 e. The topological polar surface area (TPSA) is 171 Å². The third-order valence-electron chi connectivity index (χ3n) is 4.38. The van der Waals surface area contributed by atoms with Gasteiger partial charge in [-0.25, -0.2) is 9.67 Å². The maximum atomic E-state index is 14.2. The minimum absolute atomic E-state index is 0.0650. The Morgan fingerprint density at radius 3 is 2.50 bits per heavy atom. The summed E-state index contributed by atoms with van der Waals surface area (Å²) in [4.78, 5) is 44.2. The zero-order valence-corrected chi connectivity index (χ0v) is 17.3. The molecule has 12 heteroatoms. The molecule has 3 amide bonds. The zero-order chi connectivity index (χ0) is 23.4. The summed E-state index contributed by atoms with van der Waals surface area (Å²) in [7, 11) is 0. The van der Waals surface area contributed by atoms with Gasteiger partial charge in [-0.2, -0.15) is 9.49 Å². The molecule has 0 saturated heterocycles. The number of anilines is 3. The van der Waals surface area contributed by atoms with E-state index in [0.717, 1.165) is 11.8 Å². The lowest BCUT2D eigenvalue weighted by Crippen LogP contribution is -2.21. The van der Waals surface area contributed by atoms with Crippen LogP contribution in [0.5, 0.6) is 0 Å². The first-order valence-corrected chi connectivity index (χ1v) is 9.50. The number of hydrogen-bond acceptors (Lipinski definition) is 7. The summed E-state index contributed by atoms with van der Waals surface area (Å²) in [5.41, 5.74) is 11.2. The number of halogens is 1. The van der Waals surface area contributed by atoms with Crippen molar-refractivity contribution in [3.8, 4) is 0 Å². The van der Waals surface area contributed by atoms with Gasteiger partial charge in [0.25, 0.3) is 11.8 Å². The van der Waals surface area contributed by atoms with Gasteiger partial charge in [0.15, 0.2) is 5.69 Å². The summed E-state index contributed by atoms with van der Waals surface area (Å²) in [5, 5.41) is 8.90. The number of nitrogens with zero attached hydrogens (tertiary/aromatic N) is 4. The molecule has 166 valence electrons. The molecule has 0 aliphatic rings. The summed E-state index contributed by atoms with van der Waals surface area (Å²) >= 11 is 0. The third-order valence-corrected chi connectivity index (χ3v) is 4.38. The number of primary amides is 1. The quantitative estimate of drug-likeness (QED) is 0.403. The van der Waals surface area contributed by atoms with Crippen molar-refractivity contribution in [2.45, 2.75) is 26.3 Å². The van der Waals surface area contributed by atoms with Gasteiger partial charge in [-0.3, -0.25) is 19.4 Å². The van der Waals surface area contributed by atoms with Crippen molar-refractivity contribution < 1.29 is 18.8 Å². The van der Waals surface area contributed by atoms with Crippen molar-refractivity contribution >= 4 is 34.9 Å². The second kappa shape index (κ2) is 9.20. The number of carbonyl (C=O) groups excluding carboxylic acids is 3. The standard InChI is InChI=1S/C20H21FN8O3/c1-10(2)29-18(22)15(19(23)31)16(28-29)20(32)27-13-8-12(9-25-17(13)21)26-14(30)7-11-3-5-24-6-4-11/h3-6,8-10H,7,22H2,1-2H3,(H2,23,31)(H,26,30)(H,27,32). The maximum Gasteiger partial charge on any atom is 0.277 e. The predicted octanol–water partition coefficient (Wildman–Crippen LogP) is 1.51. The second-order valence-electron chi connectivity index (χ2n) is 7.11. The van der Waals surface area contributed by atoms with Gasteiger partial charge in [0, 0.05) is 18.4 Å². The van der Waals surface area contributed by atoms with E-state index >= 15 is 0 Å². The lowest BCUT2D eigenvalue weighted by atomic mass is 10.2. The van der Waals surface area contributed by atoms with Crippen molar-refractivity contribution in [2.24, 2.45) is 5.73 Å². The lowest BCUT2D eigenvalue weighted by molar-refractivity contribution is -0.115. The van der Waals surface area contributed by atoms with Crippen LogP contribution < -0.4 is 22.1 Å². The van der Waals surface area contributed by atoms with Crippen molar-refractivity contribution in [1.82, 2.24) is 19.7 Å². The van der Waals surface area contributed by atoms with E-state index in [0.29, 0.717) is 0 Å². The molecule has 0 aromatic carbocycles. The number of nitrogen functional groups attached to an aromatic ring is 1. The van der Waals surface area contributed by atoms with Gasteiger partial charge in [-0.15, -0.1) is 0 Å². The fourth-order valence-electron chi connectivity index (χ4n) is 2.92. The molecule has 0 spiro atoms. The Kier molecular flexibility index (Phi) is 6.42. The molecule has 3 heterocycles. The molecule has 11 nitrogen and oxygen atoms in total. The van der Waals surface area contributed by atoms with E-state index in [1.165, 1.54) is 10.7 Å². The molecule has 0 saturated carbocycles. The van der Waals surface area contributed by atoms with E-state index in [9.17, 15) is 18.8 Å². The molecule has 0 radical (unpaired) electrons. The summed E-state index contributed by atoms with van der Waals surface area (Å²) in [6.07, 6.45) is 4.29. The number of amides is 3. The van der Waals surface area contributed by atoms with Crippen molar-refractivity contribution in [3.63, 3.8) is 0 Å². The van der Waals surface area contributed by atoms with Crippen LogP contribution in [0, 0.1) is 5.95 Å². The number of rotatable bonds is 7. The van der Waals surface area contributed by atoms with Crippen LogP contribution in [0.2, 0.25) is 0 Å². The number of nitrogens with two attached hydrogens (primary N) is 2. The van der Waals surface area contributed by atoms with E-state index < -0.39 is 17.8 Å². The normalized spacial score (nSPS) is 10.8. The van der Waals surface area contributed by atoms with Crippen LogP contribution >= 0.6 is 0 Å². The van der Waals surface area contributed by atoms with Gasteiger partial charge < -0.3 is 22.1 Å². The van der Waals surface area contributed by atoms with Crippen LogP contribution in [0.1, 0.15) is 46.3 Å². The maximum absolute atomic E-state index is 14.2. The van der Waals surface area contributed by atoms with Crippen LogP contribution in [0.3, 0.4) is 0 Å². The molecule has 6 N–H and O–H groups in total. The van der Waals surface area contributed by atoms with E-state index in [1.54, 1.807) is 38.4 Å². The molecular weight excluding hydrogens is 419 g/mol. The molecular formula is C20H21FN8O3. The fraction of sp³-hybridized carbons (Fsp3) is 0.200. The van der Waals surface area contributed by atoms with Gasteiger partial charge >= 0.3 is 0 Å². The fourth-order valence-corrected chi connectivity index (χ4v) is 2.92. The van der Waals surface area contributed by atoms with E-state index in [1.807, 2.05) is 0 Å². The number of nitrogens with one attached hydrogen (secondary N) is 2. The van der Waals surface area contributed by atoms with E-state index in [4.69, 9.17) is 11.5 Å². The summed E-state index contributed by atoms with van der Waals surface area (Å²) in [6.45, 7) is 3.50. The monoisotopic (exact) mass is 440 g/mol. The van der Waals surface area contributed by atoms with Gasteiger partial charge in [-0.05, 0) is 37.6 Å². The highest BCUT2D eigenvalue weighted by Crippen LogP contribution is 2.23. The van der Waals surface area contributed by atoms with Gasteiger partial charge in [0.05, 0.1) is 24.0 Å². The molecule has 0 bridgehead atoms. The molecule has 3 aromatic rings. The van der Waals surface area contributed by atoms with Crippen molar-refractivity contribution in [2.75, 3.05) is 16.4 Å². The first-order valence-electron chi connectivity index (χ1n) is 9.50. The molecule has 32 heavy (non-hydrogen) atoms. The number of hydrogen-bond donors (Lipinski definition) is 4. The largest absolute Gasteiger partial charge is 0.383 e. The summed E-state index contributed by atoms with van der Waals surface area (Å²) < 4.78 is 15.5. The average molecular weight is 440 g/mol. The molecule has 0 unspecified atom stereocenters. The minimum atomic E-state index is -0.998. The Hall–Kier alpha value is -4.35. The van der Waals surface area contributed by atoms with Crippen LogP contribution in [0.25, 0.3) is 0 Å². The number of carbonyl (C=O) groups is 3. The number of pyridine rings is 2. The Morgan fingerprint density at radius 1 is 1.19 bits per heavy atom.